The molecule has 0 radical (unpaired) electrons. The topological polar surface area (TPSA) is 90.2 Å². The molecule has 108 valence electrons. The average Bonchev–Trinajstić information content (AvgIpc) is 2.76. The maximum Gasteiger partial charge on any atom is 0.256 e. The maximum absolute atomic E-state index is 12.4. The van der Waals surface area contributed by atoms with Crippen LogP contribution in [0.3, 0.4) is 0 Å². The molecule has 2 heterocycles. The zero-order valence-electron chi connectivity index (χ0n) is 10.8. The molecule has 1 amide bonds. The summed E-state index contributed by atoms with van der Waals surface area (Å²) in [5, 5.41) is 28.9. The molecule has 2 aliphatic heterocycles. The molecule has 1 saturated heterocycles. The normalized spacial score (nSPS) is 33.4. The Bertz CT molecular complexity index is 520. The van der Waals surface area contributed by atoms with Crippen LogP contribution in [-0.4, -0.2) is 63.8 Å². The van der Waals surface area contributed by atoms with Gasteiger partial charge in [0.2, 0.25) is 0 Å². The second-order valence-corrected chi connectivity index (χ2v) is 5.13. The van der Waals surface area contributed by atoms with E-state index in [0.717, 1.165) is 5.56 Å². The zero-order chi connectivity index (χ0) is 14.3. The average molecular weight is 279 g/mol. The molecule has 6 heteroatoms. The van der Waals surface area contributed by atoms with Crippen molar-refractivity contribution >= 4 is 5.91 Å². The van der Waals surface area contributed by atoms with Crippen LogP contribution in [0.25, 0.3) is 0 Å². The van der Waals surface area contributed by atoms with Crippen molar-refractivity contribution in [2.45, 2.75) is 31.0 Å². The lowest BCUT2D eigenvalue weighted by atomic mass is 9.98. The van der Waals surface area contributed by atoms with Gasteiger partial charge in [-0.25, -0.2) is 0 Å². The standard InChI is InChI=1S/C14H17NO5/c16-7-10-11(17)12(18)14(20-10)15-6-5-8-3-1-2-4-9(8)13(15)19/h1-4,10-12,14,16-18H,5-7H2/t10-,11-,12-,14-/m1/s1. The number of carbonyl (C=O) groups excluding carboxylic acids is 1. The number of fused-ring (bicyclic) bond motifs is 1. The molecule has 0 unspecified atom stereocenters. The van der Waals surface area contributed by atoms with Crippen LogP contribution in [0.2, 0.25) is 0 Å². The number of benzene rings is 1. The number of hydrogen-bond donors (Lipinski definition) is 3. The first kappa shape index (κ1) is 13.5. The first-order valence-corrected chi connectivity index (χ1v) is 6.65. The third-order valence-electron chi connectivity index (χ3n) is 3.96. The minimum absolute atomic E-state index is 0.221. The van der Waals surface area contributed by atoms with Gasteiger partial charge in [0.1, 0.15) is 18.3 Å². The zero-order valence-corrected chi connectivity index (χ0v) is 10.8. The predicted molar refractivity (Wildman–Crippen MR) is 68.9 cm³/mol. The minimum atomic E-state index is -1.21. The van der Waals surface area contributed by atoms with Crippen molar-refractivity contribution in [2.75, 3.05) is 13.2 Å². The van der Waals surface area contributed by atoms with E-state index < -0.39 is 31.1 Å². The Kier molecular flexibility index (Phi) is 3.47. The molecule has 3 N–H and O–H groups in total. The molecule has 0 spiro atoms. The van der Waals surface area contributed by atoms with Crippen LogP contribution in [0.15, 0.2) is 24.3 Å². The predicted octanol–water partition coefficient (Wildman–Crippen LogP) is -0.876. The van der Waals surface area contributed by atoms with Crippen molar-refractivity contribution in [2.24, 2.45) is 0 Å². The van der Waals surface area contributed by atoms with Gasteiger partial charge in [0.25, 0.3) is 5.91 Å². The SMILES string of the molecule is O=C1c2ccccc2CCN1[C@@H]1O[C@H](CO)[C@@H](O)[C@H]1O. The van der Waals surface area contributed by atoms with E-state index in [1.165, 1.54) is 4.90 Å². The molecule has 0 saturated carbocycles. The number of aliphatic hydroxyl groups excluding tert-OH is 3. The van der Waals surface area contributed by atoms with E-state index in [4.69, 9.17) is 9.84 Å². The van der Waals surface area contributed by atoms with Gasteiger partial charge in [-0.3, -0.25) is 4.79 Å². The van der Waals surface area contributed by atoms with Crippen LogP contribution in [0, 0.1) is 0 Å². The summed E-state index contributed by atoms with van der Waals surface area (Å²) >= 11 is 0. The molecule has 1 fully saturated rings. The Morgan fingerprint density at radius 3 is 2.70 bits per heavy atom. The number of amides is 1. The van der Waals surface area contributed by atoms with E-state index in [1.807, 2.05) is 12.1 Å². The molecule has 6 nitrogen and oxygen atoms in total. The monoisotopic (exact) mass is 279 g/mol. The molecule has 20 heavy (non-hydrogen) atoms. The summed E-state index contributed by atoms with van der Waals surface area (Å²) in [5.41, 5.74) is 1.57. The lowest BCUT2D eigenvalue weighted by molar-refractivity contribution is -0.0840. The summed E-state index contributed by atoms with van der Waals surface area (Å²) in [6.07, 6.45) is -3.49. The Balaban J connectivity index is 1.85. The van der Waals surface area contributed by atoms with E-state index in [1.54, 1.807) is 12.1 Å². The fourth-order valence-corrected chi connectivity index (χ4v) is 2.82. The van der Waals surface area contributed by atoms with Crippen molar-refractivity contribution in [1.29, 1.82) is 0 Å². The van der Waals surface area contributed by atoms with Crippen molar-refractivity contribution < 1.29 is 24.9 Å². The first-order valence-electron chi connectivity index (χ1n) is 6.65. The van der Waals surface area contributed by atoms with Gasteiger partial charge in [0.15, 0.2) is 6.23 Å². The van der Waals surface area contributed by atoms with E-state index in [0.29, 0.717) is 18.5 Å². The molecule has 0 aliphatic carbocycles. The summed E-state index contributed by atoms with van der Waals surface area (Å²) in [4.78, 5) is 13.9. The van der Waals surface area contributed by atoms with Crippen LogP contribution in [-0.2, 0) is 11.2 Å². The molecule has 0 bridgehead atoms. The van der Waals surface area contributed by atoms with Crippen LogP contribution in [0.4, 0.5) is 0 Å². The molecule has 4 atom stereocenters. The molecule has 2 aliphatic rings. The third kappa shape index (κ3) is 2.01. The van der Waals surface area contributed by atoms with E-state index in [9.17, 15) is 15.0 Å². The molecular weight excluding hydrogens is 262 g/mol. The van der Waals surface area contributed by atoms with Gasteiger partial charge < -0.3 is 25.0 Å². The summed E-state index contributed by atoms with van der Waals surface area (Å²) in [5.74, 6) is -0.221. The van der Waals surface area contributed by atoms with Gasteiger partial charge in [-0.1, -0.05) is 18.2 Å². The van der Waals surface area contributed by atoms with Crippen LogP contribution in [0.1, 0.15) is 15.9 Å². The molecule has 0 aromatic heterocycles. The summed E-state index contributed by atoms with van der Waals surface area (Å²) in [7, 11) is 0. The summed E-state index contributed by atoms with van der Waals surface area (Å²) in [6.45, 7) is 0.0236. The minimum Gasteiger partial charge on any atom is -0.394 e. The van der Waals surface area contributed by atoms with Gasteiger partial charge in [0.05, 0.1) is 6.61 Å². The quantitative estimate of drug-likeness (QED) is 0.654. The van der Waals surface area contributed by atoms with Crippen molar-refractivity contribution in [3.05, 3.63) is 35.4 Å². The van der Waals surface area contributed by atoms with Gasteiger partial charge in [-0.05, 0) is 18.1 Å². The largest absolute Gasteiger partial charge is 0.394 e. The van der Waals surface area contributed by atoms with Gasteiger partial charge in [0, 0.05) is 12.1 Å². The lowest BCUT2D eigenvalue weighted by Crippen LogP contribution is -2.50. The van der Waals surface area contributed by atoms with E-state index in [2.05, 4.69) is 0 Å². The maximum atomic E-state index is 12.4. The second-order valence-electron chi connectivity index (χ2n) is 5.13. The number of ether oxygens (including phenoxy) is 1. The van der Waals surface area contributed by atoms with Crippen molar-refractivity contribution in [3.8, 4) is 0 Å². The number of carbonyl (C=O) groups is 1. The van der Waals surface area contributed by atoms with Gasteiger partial charge >= 0.3 is 0 Å². The number of rotatable bonds is 2. The Morgan fingerprint density at radius 2 is 2.00 bits per heavy atom. The highest BCUT2D eigenvalue weighted by molar-refractivity contribution is 5.96. The summed E-state index contributed by atoms with van der Waals surface area (Å²) < 4.78 is 5.42. The highest BCUT2D eigenvalue weighted by Gasteiger charge is 2.47. The van der Waals surface area contributed by atoms with Crippen molar-refractivity contribution in [1.82, 2.24) is 4.90 Å². The molecule has 1 aromatic rings. The van der Waals surface area contributed by atoms with E-state index >= 15 is 0 Å². The van der Waals surface area contributed by atoms with Crippen LogP contribution >= 0.6 is 0 Å². The Morgan fingerprint density at radius 1 is 1.25 bits per heavy atom. The smallest absolute Gasteiger partial charge is 0.256 e. The highest BCUT2D eigenvalue weighted by Crippen LogP contribution is 2.28. The number of hydrogen-bond acceptors (Lipinski definition) is 5. The first-order chi connectivity index (χ1) is 9.63. The van der Waals surface area contributed by atoms with Gasteiger partial charge in [-0.15, -0.1) is 0 Å². The van der Waals surface area contributed by atoms with Crippen molar-refractivity contribution in [3.63, 3.8) is 0 Å². The van der Waals surface area contributed by atoms with Crippen LogP contribution < -0.4 is 0 Å². The van der Waals surface area contributed by atoms with E-state index in [-0.39, 0.29) is 5.91 Å². The number of nitrogens with zero attached hydrogens (tertiary/aromatic N) is 1. The molecular formula is C14H17NO5. The lowest BCUT2D eigenvalue weighted by Gasteiger charge is -2.34. The highest BCUT2D eigenvalue weighted by atomic mass is 16.6. The summed E-state index contributed by atoms with van der Waals surface area (Å²) in [6, 6.07) is 7.32. The Labute approximate surface area is 116 Å². The van der Waals surface area contributed by atoms with Crippen LogP contribution in [0.5, 0.6) is 0 Å². The number of aliphatic hydroxyl groups is 3. The Hall–Kier alpha value is -1.47. The second kappa shape index (κ2) is 5.14. The molecule has 1 aromatic carbocycles. The fourth-order valence-electron chi connectivity index (χ4n) is 2.82. The third-order valence-corrected chi connectivity index (χ3v) is 3.96. The fraction of sp³-hybridized carbons (Fsp3) is 0.500. The van der Waals surface area contributed by atoms with Gasteiger partial charge in [-0.2, -0.15) is 0 Å². The molecule has 3 rings (SSSR count).